The topological polar surface area (TPSA) is 71.7 Å². The third-order valence-electron chi connectivity index (χ3n) is 5.31. The lowest BCUT2D eigenvalue weighted by atomic mass is 9.89. The maximum atomic E-state index is 13.5. The van der Waals surface area contributed by atoms with Crippen LogP contribution in [0, 0.1) is 0 Å². The van der Waals surface area contributed by atoms with E-state index in [-0.39, 0.29) is 34.0 Å². The van der Waals surface area contributed by atoms with Crippen LogP contribution in [-0.2, 0) is 12.1 Å². The van der Waals surface area contributed by atoms with E-state index < -0.39 is 34.8 Å². The van der Waals surface area contributed by atoms with Gasteiger partial charge in [-0.15, -0.1) is 0 Å². The number of rotatable bonds is 5. The third-order valence-corrected chi connectivity index (χ3v) is 5.31. The smallest absolute Gasteiger partial charge is 0.430 e. The van der Waals surface area contributed by atoms with Gasteiger partial charge in [-0.25, -0.2) is 0 Å². The molecule has 3 rings (SSSR count). The van der Waals surface area contributed by atoms with E-state index in [0.717, 1.165) is 19.2 Å². The average molecular weight is 463 g/mol. The molecule has 11 heteroatoms. The van der Waals surface area contributed by atoms with E-state index in [1.807, 2.05) is 6.92 Å². The molecule has 0 amide bonds. The van der Waals surface area contributed by atoms with Crippen LogP contribution in [-0.4, -0.2) is 34.2 Å². The van der Waals surface area contributed by atoms with Crippen LogP contribution in [0.5, 0.6) is 11.5 Å². The quantitative estimate of drug-likeness (QED) is 0.414. The fourth-order valence-electron chi connectivity index (χ4n) is 3.66. The minimum Gasteiger partial charge on any atom is -0.508 e. The highest BCUT2D eigenvalue weighted by molar-refractivity contribution is 6.08. The van der Waals surface area contributed by atoms with Crippen molar-refractivity contribution in [3.05, 3.63) is 46.2 Å². The SMILES string of the molecule is CCCCn1c(=O)c2cc(O)ccc2c2cc(C(O)(C(F)(F)F)C(F)(F)F)cc(OC)c21. The van der Waals surface area contributed by atoms with Crippen LogP contribution in [0.1, 0.15) is 25.3 Å². The third kappa shape index (κ3) is 3.54. The number of nitrogens with zero attached hydrogens (tertiary/aromatic N) is 1. The largest absolute Gasteiger partial charge is 0.508 e. The highest BCUT2D eigenvalue weighted by Gasteiger charge is 2.71. The zero-order valence-electron chi connectivity index (χ0n) is 16.9. The lowest BCUT2D eigenvalue weighted by Gasteiger charge is -2.33. The van der Waals surface area contributed by atoms with Crippen LogP contribution in [0.25, 0.3) is 21.7 Å². The molecule has 0 fully saturated rings. The number of ether oxygens (including phenoxy) is 1. The van der Waals surface area contributed by atoms with Crippen LogP contribution >= 0.6 is 0 Å². The van der Waals surface area contributed by atoms with Gasteiger partial charge in [0.25, 0.3) is 11.2 Å². The Bertz CT molecular complexity index is 1220. The van der Waals surface area contributed by atoms with Crippen molar-refractivity contribution in [1.29, 1.82) is 0 Å². The molecule has 2 N–H and O–H groups in total. The van der Waals surface area contributed by atoms with Gasteiger partial charge in [-0.3, -0.25) is 4.79 Å². The first-order chi connectivity index (χ1) is 14.8. The zero-order chi connectivity index (χ0) is 24.1. The van der Waals surface area contributed by atoms with E-state index in [1.165, 1.54) is 10.6 Å². The predicted molar refractivity (Wildman–Crippen MR) is 105 cm³/mol. The maximum absolute atomic E-state index is 13.5. The fourth-order valence-corrected chi connectivity index (χ4v) is 3.66. The molecule has 1 aromatic heterocycles. The van der Waals surface area contributed by atoms with Gasteiger partial charge in [-0.05, 0) is 42.1 Å². The number of pyridine rings is 1. The van der Waals surface area contributed by atoms with Gasteiger partial charge in [-0.1, -0.05) is 13.3 Å². The molecule has 1 heterocycles. The van der Waals surface area contributed by atoms with Gasteiger partial charge in [0.05, 0.1) is 18.0 Å². The van der Waals surface area contributed by atoms with Crippen molar-refractivity contribution in [2.75, 3.05) is 7.11 Å². The second-order valence-electron chi connectivity index (χ2n) is 7.32. The zero-order valence-corrected chi connectivity index (χ0v) is 16.9. The molecule has 2 aromatic carbocycles. The summed E-state index contributed by atoms with van der Waals surface area (Å²) >= 11 is 0. The predicted octanol–water partition coefficient (Wildman–Crippen LogP) is 4.98. The van der Waals surface area contributed by atoms with Crippen LogP contribution in [0.4, 0.5) is 26.3 Å². The van der Waals surface area contributed by atoms with Gasteiger partial charge in [0.1, 0.15) is 11.5 Å². The number of aromatic nitrogens is 1. The Morgan fingerprint density at radius 2 is 1.59 bits per heavy atom. The number of unbranched alkanes of at least 4 members (excludes halogenated alkanes) is 1. The summed E-state index contributed by atoms with van der Waals surface area (Å²) < 4.78 is 87.3. The van der Waals surface area contributed by atoms with E-state index >= 15 is 0 Å². The minimum absolute atomic E-state index is 0.00222. The fraction of sp³-hybridized carbons (Fsp3) is 0.381. The van der Waals surface area contributed by atoms with Crippen LogP contribution in [0.2, 0.25) is 0 Å². The molecule has 0 saturated carbocycles. The molecule has 174 valence electrons. The monoisotopic (exact) mass is 463 g/mol. The first kappa shape index (κ1) is 23.7. The molecule has 0 bridgehead atoms. The molecule has 3 aromatic rings. The molecule has 0 radical (unpaired) electrons. The molecular formula is C21H19F6NO4. The first-order valence-electron chi connectivity index (χ1n) is 9.51. The van der Waals surface area contributed by atoms with Crippen molar-refractivity contribution in [1.82, 2.24) is 4.57 Å². The number of aromatic hydroxyl groups is 1. The van der Waals surface area contributed by atoms with Gasteiger partial charge < -0.3 is 19.5 Å². The number of aryl methyl sites for hydroxylation is 1. The molecule has 0 aliphatic rings. The molecule has 0 aliphatic carbocycles. The number of aliphatic hydroxyl groups is 1. The Hall–Kier alpha value is -2.95. The Morgan fingerprint density at radius 3 is 2.12 bits per heavy atom. The number of benzene rings is 2. The number of phenolic OH excluding ortho intramolecular Hbond substituents is 1. The van der Waals surface area contributed by atoms with Crippen molar-refractivity contribution in [2.24, 2.45) is 0 Å². The standard InChI is InChI=1S/C21H19F6NO4/c1-3-4-7-28-17-14(13-6-5-12(29)10-15(13)18(28)30)8-11(9-16(17)32-2)19(31,20(22,23)24)21(25,26)27/h5-6,8-10,29,31H,3-4,7H2,1-2H3. The van der Waals surface area contributed by atoms with E-state index in [4.69, 9.17) is 4.74 Å². The van der Waals surface area contributed by atoms with Crippen molar-refractivity contribution in [3.63, 3.8) is 0 Å². The normalized spacial score (nSPS) is 13.2. The Balaban J connectivity index is 2.57. The van der Waals surface area contributed by atoms with Gasteiger partial charge >= 0.3 is 12.4 Å². The Labute approximate surface area is 177 Å². The molecule has 0 atom stereocenters. The number of hydrogen-bond acceptors (Lipinski definition) is 4. The van der Waals surface area contributed by atoms with Crippen molar-refractivity contribution < 1.29 is 41.3 Å². The van der Waals surface area contributed by atoms with E-state index in [9.17, 15) is 41.4 Å². The number of alkyl halides is 6. The second kappa shape index (κ2) is 7.88. The highest BCUT2D eigenvalue weighted by Crippen LogP contribution is 2.51. The number of fused-ring (bicyclic) bond motifs is 3. The van der Waals surface area contributed by atoms with Crippen molar-refractivity contribution >= 4 is 21.7 Å². The summed E-state index contributed by atoms with van der Waals surface area (Å²) in [6.45, 7) is 1.94. The number of methoxy groups -OCH3 is 1. The summed E-state index contributed by atoms with van der Waals surface area (Å²) in [5, 5.41) is 19.4. The summed E-state index contributed by atoms with van der Waals surface area (Å²) in [4.78, 5) is 13.1. The Kier molecular flexibility index (Phi) is 5.83. The van der Waals surface area contributed by atoms with Crippen molar-refractivity contribution in [3.8, 4) is 11.5 Å². The molecule has 0 aliphatic heterocycles. The lowest BCUT2D eigenvalue weighted by molar-refractivity contribution is -0.376. The summed E-state index contributed by atoms with van der Waals surface area (Å²) in [7, 11) is 1.04. The minimum atomic E-state index is -6.09. The van der Waals surface area contributed by atoms with Crippen LogP contribution in [0.3, 0.4) is 0 Å². The molecule has 0 unspecified atom stereocenters. The van der Waals surface area contributed by atoms with Gasteiger partial charge in [0.2, 0.25) is 0 Å². The van der Waals surface area contributed by atoms with E-state index in [2.05, 4.69) is 0 Å². The maximum Gasteiger partial charge on any atom is 0.430 e. The van der Waals surface area contributed by atoms with Gasteiger partial charge in [0.15, 0.2) is 0 Å². The summed E-state index contributed by atoms with van der Waals surface area (Å²) in [5.74, 6) is -0.742. The lowest BCUT2D eigenvalue weighted by Crippen LogP contribution is -2.53. The van der Waals surface area contributed by atoms with Gasteiger partial charge in [0, 0.05) is 17.5 Å². The van der Waals surface area contributed by atoms with Gasteiger partial charge in [-0.2, -0.15) is 26.3 Å². The second-order valence-corrected chi connectivity index (χ2v) is 7.32. The Morgan fingerprint density at radius 1 is 0.969 bits per heavy atom. The number of halogens is 6. The summed E-state index contributed by atoms with van der Waals surface area (Å²) in [6, 6.07) is 4.44. The van der Waals surface area contributed by atoms with E-state index in [1.54, 1.807) is 0 Å². The number of phenols is 1. The molecule has 5 nitrogen and oxygen atoms in total. The van der Waals surface area contributed by atoms with E-state index in [0.29, 0.717) is 25.0 Å². The first-order valence-corrected chi connectivity index (χ1v) is 9.51. The van der Waals surface area contributed by atoms with Crippen LogP contribution < -0.4 is 10.3 Å². The average Bonchev–Trinajstić information content (AvgIpc) is 2.70. The summed E-state index contributed by atoms with van der Waals surface area (Å²) in [6.07, 6.45) is -11.0. The molecule has 0 saturated heterocycles. The highest BCUT2D eigenvalue weighted by atomic mass is 19.4. The summed E-state index contributed by atoms with van der Waals surface area (Å²) in [5.41, 5.74) is -7.28. The number of hydrogen-bond donors (Lipinski definition) is 2. The van der Waals surface area contributed by atoms with Crippen molar-refractivity contribution in [2.45, 2.75) is 44.3 Å². The van der Waals surface area contributed by atoms with Crippen LogP contribution in [0.15, 0.2) is 35.1 Å². The molecular weight excluding hydrogens is 444 g/mol. The molecule has 0 spiro atoms. The molecule has 32 heavy (non-hydrogen) atoms.